The first-order valence-electron chi connectivity index (χ1n) is 9.33. The van der Waals surface area contributed by atoms with Crippen molar-refractivity contribution in [1.29, 1.82) is 0 Å². The Hall–Kier alpha value is -1.63. The highest BCUT2D eigenvalue weighted by Gasteiger charge is 2.29. The molecule has 1 aromatic carbocycles. The van der Waals surface area contributed by atoms with Gasteiger partial charge in [-0.25, -0.2) is 0 Å². The molecule has 2 N–H and O–H groups in total. The predicted molar refractivity (Wildman–Crippen MR) is 103 cm³/mol. The first-order chi connectivity index (χ1) is 12.5. The van der Waals surface area contributed by atoms with Crippen molar-refractivity contribution < 1.29 is 9.59 Å². The lowest BCUT2D eigenvalue weighted by Gasteiger charge is -2.37. The Kier molecular flexibility index (Phi) is 6.51. The van der Waals surface area contributed by atoms with E-state index in [0.717, 1.165) is 51.3 Å². The van der Waals surface area contributed by atoms with Crippen LogP contribution in [0.1, 0.15) is 26.2 Å². The van der Waals surface area contributed by atoms with Gasteiger partial charge in [-0.3, -0.25) is 14.5 Å². The second kappa shape index (κ2) is 8.84. The van der Waals surface area contributed by atoms with Crippen molar-refractivity contribution >= 4 is 29.1 Å². The molecule has 6 nitrogen and oxygen atoms in total. The van der Waals surface area contributed by atoms with Crippen molar-refractivity contribution in [1.82, 2.24) is 15.1 Å². The maximum Gasteiger partial charge on any atom is 0.237 e. The van der Waals surface area contributed by atoms with Gasteiger partial charge >= 0.3 is 0 Å². The number of piperazine rings is 1. The summed E-state index contributed by atoms with van der Waals surface area (Å²) in [6.45, 7) is 6.18. The summed E-state index contributed by atoms with van der Waals surface area (Å²) in [6, 6.07) is 7.50. The number of rotatable bonds is 7. The van der Waals surface area contributed by atoms with Crippen molar-refractivity contribution in [3.05, 3.63) is 29.3 Å². The van der Waals surface area contributed by atoms with Gasteiger partial charge < -0.3 is 15.5 Å². The first-order valence-corrected chi connectivity index (χ1v) is 9.71. The number of benzene rings is 1. The molecule has 7 heteroatoms. The summed E-state index contributed by atoms with van der Waals surface area (Å²) in [4.78, 5) is 28.8. The molecule has 2 amide bonds. The third-order valence-corrected chi connectivity index (χ3v) is 5.26. The molecule has 1 aliphatic heterocycles. The van der Waals surface area contributed by atoms with Gasteiger partial charge in [-0.1, -0.05) is 17.7 Å². The minimum absolute atomic E-state index is 0.00752. The molecule has 1 aromatic rings. The number of carbonyl (C=O) groups is 2. The molecule has 0 radical (unpaired) electrons. The largest absolute Gasteiger partial charge is 0.352 e. The standard InChI is InChI=1S/C19H27ClN4O2/c1-14(19(26)22-16-5-6-16)24-11-9-23(10-12-24)8-7-18(25)21-17-4-2-3-15(20)13-17/h2-4,13-14,16H,5-12H2,1H3,(H,21,25)(H,22,26). The number of anilines is 1. The Morgan fingerprint density at radius 3 is 2.62 bits per heavy atom. The highest BCUT2D eigenvalue weighted by Crippen LogP contribution is 2.19. The lowest BCUT2D eigenvalue weighted by molar-refractivity contribution is -0.126. The second-order valence-electron chi connectivity index (χ2n) is 7.14. The molecule has 0 aromatic heterocycles. The Labute approximate surface area is 159 Å². The maximum absolute atomic E-state index is 12.2. The fourth-order valence-electron chi connectivity index (χ4n) is 3.14. The van der Waals surface area contributed by atoms with Crippen LogP contribution in [0.25, 0.3) is 0 Å². The Morgan fingerprint density at radius 1 is 1.23 bits per heavy atom. The van der Waals surface area contributed by atoms with E-state index in [-0.39, 0.29) is 17.9 Å². The average Bonchev–Trinajstić information content (AvgIpc) is 3.44. The Balaban J connectivity index is 1.35. The predicted octanol–water partition coefficient (Wildman–Crippen LogP) is 1.95. The number of hydrogen-bond acceptors (Lipinski definition) is 4. The number of halogens is 1. The maximum atomic E-state index is 12.2. The van der Waals surface area contributed by atoms with Crippen LogP contribution in [0, 0.1) is 0 Å². The molecule has 1 atom stereocenters. The molecule has 0 spiro atoms. The minimum atomic E-state index is -0.0797. The van der Waals surface area contributed by atoms with Gasteiger partial charge in [0, 0.05) is 55.9 Å². The minimum Gasteiger partial charge on any atom is -0.352 e. The van der Waals surface area contributed by atoms with Crippen LogP contribution in [-0.2, 0) is 9.59 Å². The van der Waals surface area contributed by atoms with Crippen LogP contribution >= 0.6 is 11.6 Å². The van der Waals surface area contributed by atoms with E-state index in [9.17, 15) is 9.59 Å². The van der Waals surface area contributed by atoms with E-state index in [1.165, 1.54) is 0 Å². The van der Waals surface area contributed by atoms with E-state index in [1.54, 1.807) is 12.1 Å². The van der Waals surface area contributed by atoms with Gasteiger partial charge in [0.2, 0.25) is 11.8 Å². The molecule has 3 rings (SSSR count). The highest BCUT2D eigenvalue weighted by atomic mass is 35.5. The SMILES string of the molecule is CC(C(=O)NC1CC1)N1CCN(CCC(=O)Nc2cccc(Cl)c2)CC1. The van der Waals surface area contributed by atoms with Crippen molar-refractivity contribution in [2.45, 2.75) is 38.3 Å². The van der Waals surface area contributed by atoms with Crippen LogP contribution in [0.3, 0.4) is 0 Å². The van der Waals surface area contributed by atoms with Crippen molar-refractivity contribution in [2.75, 3.05) is 38.0 Å². The molecular formula is C19H27ClN4O2. The molecular weight excluding hydrogens is 352 g/mol. The van der Waals surface area contributed by atoms with Gasteiger partial charge in [-0.05, 0) is 38.0 Å². The molecule has 1 unspecified atom stereocenters. The number of nitrogens with one attached hydrogen (secondary N) is 2. The van der Waals surface area contributed by atoms with Crippen LogP contribution in [0.15, 0.2) is 24.3 Å². The summed E-state index contributed by atoms with van der Waals surface area (Å²) in [5, 5.41) is 6.56. The van der Waals surface area contributed by atoms with Gasteiger partial charge in [0.15, 0.2) is 0 Å². The van der Waals surface area contributed by atoms with Crippen molar-refractivity contribution in [3.8, 4) is 0 Å². The lowest BCUT2D eigenvalue weighted by Crippen LogP contribution is -2.54. The van der Waals surface area contributed by atoms with Crippen LogP contribution in [0.5, 0.6) is 0 Å². The van der Waals surface area contributed by atoms with Crippen molar-refractivity contribution in [3.63, 3.8) is 0 Å². The summed E-state index contributed by atoms with van der Waals surface area (Å²) >= 11 is 5.93. The monoisotopic (exact) mass is 378 g/mol. The molecule has 2 fully saturated rings. The van der Waals surface area contributed by atoms with Crippen LogP contribution < -0.4 is 10.6 Å². The number of amides is 2. The molecule has 2 aliphatic rings. The zero-order valence-electron chi connectivity index (χ0n) is 15.2. The Bertz CT molecular complexity index is 642. The molecule has 1 saturated carbocycles. The second-order valence-corrected chi connectivity index (χ2v) is 7.58. The van der Waals surface area contributed by atoms with Gasteiger partial charge in [0.05, 0.1) is 6.04 Å². The fourth-order valence-corrected chi connectivity index (χ4v) is 3.33. The normalized spacial score (nSPS) is 19.8. The summed E-state index contributed by atoms with van der Waals surface area (Å²) in [5.74, 6) is 0.133. The van der Waals surface area contributed by atoms with Crippen LogP contribution in [0.2, 0.25) is 5.02 Å². The molecule has 142 valence electrons. The summed E-state index contributed by atoms with van der Waals surface area (Å²) in [6.07, 6.45) is 2.68. The van der Waals surface area contributed by atoms with E-state index in [4.69, 9.17) is 11.6 Å². The average molecular weight is 379 g/mol. The lowest BCUT2D eigenvalue weighted by atomic mass is 10.2. The zero-order valence-corrected chi connectivity index (χ0v) is 16.0. The number of hydrogen-bond donors (Lipinski definition) is 2. The van der Waals surface area contributed by atoms with Crippen LogP contribution in [0.4, 0.5) is 5.69 Å². The summed E-state index contributed by atoms with van der Waals surface area (Å²) in [7, 11) is 0. The molecule has 1 saturated heterocycles. The van der Waals surface area contributed by atoms with Gasteiger partial charge in [-0.2, -0.15) is 0 Å². The smallest absolute Gasteiger partial charge is 0.237 e. The first kappa shape index (κ1) is 19.1. The van der Waals surface area contributed by atoms with Gasteiger partial charge in [0.1, 0.15) is 0 Å². The molecule has 1 aliphatic carbocycles. The molecule has 1 heterocycles. The van der Waals surface area contributed by atoms with Gasteiger partial charge in [0.25, 0.3) is 0 Å². The van der Waals surface area contributed by atoms with Crippen LogP contribution in [-0.4, -0.2) is 66.4 Å². The zero-order chi connectivity index (χ0) is 18.5. The van der Waals surface area contributed by atoms with E-state index in [0.29, 0.717) is 17.5 Å². The number of carbonyl (C=O) groups excluding carboxylic acids is 2. The summed E-state index contributed by atoms with van der Waals surface area (Å²) in [5.41, 5.74) is 0.725. The van der Waals surface area contributed by atoms with E-state index < -0.39 is 0 Å². The van der Waals surface area contributed by atoms with E-state index in [1.807, 2.05) is 19.1 Å². The van der Waals surface area contributed by atoms with E-state index >= 15 is 0 Å². The fraction of sp³-hybridized carbons (Fsp3) is 0.579. The Morgan fingerprint density at radius 2 is 1.96 bits per heavy atom. The topological polar surface area (TPSA) is 64.7 Å². The van der Waals surface area contributed by atoms with Crippen molar-refractivity contribution in [2.24, 2.45) is 0 Å². The number of nitrogens with zero attached hydrogens (tertiary/aromatic N) is 2. The summed E-state index contributed by atoms with van der Waals surface area (Å²) < 4.78 is 0. The third kappa shape index (κ3) is 5.69. The van der Waals surface area contributed by atoms with Gasteiger partial charge in [-0.15, -0.1) is 0 Å². The highest BCUT2D eigenvalue weighted by molar-refractivity contribution is 6.30. The van der Waals surface area contributed by atoms with E-state index in [2.05, 4.69) is 20.4 Å². The third-order valence-electron chi connectivity index (χ3n) is 5.02. The quantitative estimate of drug-likeness (QED) is 0.761. The molecule has 26 heavy (non-hydrogen) atoms. The molecule has 0 bridgehead atoms.